The largest absolute Gasteiger partial charge is 0.495 e. The number of anilines is 1. The van der Waals surface area contributed by atoms with Crippen LogP contribution in [0.25, 0.3) is 10.9 Å². The Labute approximate surface area is 105 Å². The molecule has 1 aromatic heterocycles. The van der Waals surface area contributed by atoms with Gasteiger partial charge in [-0.15, -0.1) is 0 Å². The van der Waals surface area contributed by atoms with E-state index in [-0.39, 0.29) is 0 Å². The summed E-state index contributed by atoms with van der Waals surface area (Å²) in [5.74, 6) is 1.22. The maximum absolute atomic E-state index is 6.08. The predicted octanol–water partition coefficient (Wildman–Crippen LogP) is 3.36. The van der Waals surface area contributed by atoms with Gasteiger partial charge in [-0.3, -0.25) is 4.98 Å². The second kappa shape index (κ2) is 3.77. The van der Waals surface area contributed by atoms with E-state index in [0.29, 0.717) is 16.7 Å². The van der Waals surface area contributed by atoms with E-state index in [0.717, 1.165) is 22.3 Å². The molecule has 0 radical (unpaired) electrons. The number of nitrogens with zero attached hydrogens (tertiary/aromatic N) is 1. The van der Waals surface area contributed by atoms with Gasteiger partial charge in [0.1, 0.15) is 5.75 Å². The molecule has 0 saturated heterocycles. The molecule has 4 heteroatoms. The Morgan fingerprint density at radius 1 is 1.35 bits per heavy atom. The number of aromatic nitrogens is 1. The number of ether oxygens (including phenoxy) is 1. The normalized spacial score (nSPS) is 15.2. The molecule has 88 valence electrons. The topological polar surface area (TPSA) is 48.1 Å². The number of halogens is 1. The standard InChI is InChI=1S/C13H13ClN2O/c1-17-13-6-12-8(4-9(13)14)10(15)5-11(16-12)7-2-3-7/h4-7H,2-3H2,1H3,(H2,15,16). The third kappa shape index (κ3) is 1.80. The molecule has 17 heavy (non-hydrogen) atoms. The summed E-state index contributed by atoms with van der Waals surface area (Å²) in [5.41, 5.74) is 8.72. The summed E-state index contributed by atoms with van der Waals surface area (Å²) in [6, 6.07) is 5.62. The van der Waals surface area contributed by atoms with Crippen LogP contribution in [0.3, 0.4) is 0 Å². The number of methoxy groups -OCH3 is 1. The molecule has 0 spiro atoms. The lowest BCUT2D eigenvalue weighted by Gasteiger charge is -2.09. The minimum atomic E-state index is 0.563. The Hall–Kier alpha value is -1.48. The van der Waals surface area contributed by atoms with Gasteiger partial charge in [0.05, 0.1) is 17.6 Å². The van der Waals surface area contributed by atoms with Gasteiger partial charge < -0.3 is 10.5 Å². The van der Waals surface area contributed by atoms with Crippen molar-refractivity contribution in [1.29, 1.82) is 0 Å². The van der Waals surface area contributed by atoms with Crippen molar-refractivity contribution in [2.75, 3.05) is 12.8 Å². The summed E-state index contributed by atoms with van der Waals surface area (Å²) in [6.07, 6.45) is 2.42. The fourth-order valence-corrected chi connectivity index (χ4v) is 2.26. The third-order valence-corrected chi connectivity index (χ3v) is 3.43. The molecule has 1 fully saturated rings. The SMILES string of the molecule is COc1cc2nc(C3CC3)cc(N)c2cc1Cl. The quantitative estimate of drug-likeness (QED) is 0.887. The molecule has 1 aliphatic carbocycles. The lowest BCUT2D eigenvalue weighted by molar-refractivity contribution is 0.415. The minimum Gasteiger partial charge on any atom is -0.495 e. The second-order valence-electron chi connectivity index (χ2n) is 4.41. The molecule has 3 rings (SSSR count). The zero-order valence-electron chi connectivity index (χ0n) is 9.53. The van der Waals surface area contributed by atoms with Crippen LogP contribution in [-0.2, 0) is 0 Å². The highest BCUT2D eigenvalue weighted by Crippen LogP contribution is 2.41. The minimum absolute atomic E-state index is 0.563. The van der Waals surface area contributed by atoms with Crippen molar-refractivity contribution in [2.24, 2.45) is 0 Å². The smallest absolute Gasteiger partial charge is 0.139 e. The Morgan fingerprint density at radius 2 is 2.12 bits per heavy atom. The molecule has 0 aliphatic heterocycles. The van der Waals surface area contributed by atoms with Gasteiger partial charge in [0, 0.05) is 28.8 Å². The molecular formula is C13H13ClN2O. The van der Waals surface area contributed by atoms with Crippen LogP contribution < -0.4 is 10.5 Å². The van der Waals surface area contributed by atoms with E-state index in [1.54, 1.807) is 7.11 Å². The molecular weight excluding hydrogens is 236 g/mol. The number of nitrogen functional groups attached to an aromatic ring is 1. The number of pyridine rings is 1. The van der Waals surface area contributed by atoms with Crippen LogP contribution in [0.15, 0.2) is 18.2 Å². The Balaban J connectivity index is 2.24. The molecule has 1 heterocycles. The number of fused-ring (bicyclic) bond motifs is 1. The Morgan fingerprint density at radius 3 is 2.76 bits per heavy atom. The van der Waals surface area contributed by atoms with Gasteiger partial charge in [-0.05, 0) is 25.0 Å². The van der Waals surface area contributed by atoms with Gasteiger partial charge in [0.25, 0.3) is 0 Å². The van der Waals surface area contributed by atoms with Gasteiger partial charge in [-0.1, -0.05) is 11.6 Å². The van der Waals surface area contributed by atoms with Crippen LogP contribution >= 0.6 is 11.6 Å². The van der Waals surface area contributed by atoms with Crippen molar-refractivity contribution in [3.05, 3.63) is 28.9 Å². The van der Waals surface area contributed by atoms with E-state index >= 15 is 0 Å². The van der Waals surface area contributed by atoms with E-state index in [1.165, 1.54) is 12.8 Å². The maximum atomic E-state index is 6.08. The summed E-state index contributed by atoms with van der Waals surface area (Å²) in [4.78, 5) is 4.63. The zero-order chi connectivity index (χ0) is 12.0. The highest BCUT2D eigenvalue weighted by molar-refractivity contribution is 6.33. The summed E-state index contributed by atoms with van der Waals surface area (Å²) < 4.78 is 5.20. The highest BCUT2D eigenvalue weighted by atomic mass is 35.5. The van der Waals surface area contributed by atoms with Gasteiger partial charge in [0.15, 0.2) is 0 Å². The van der Waals surface area contributed by atoms with Gasteiger partial charge >= 0.3 is 0 Å². The Bertz CT molecular complexity index is 593. The molecule has 1 aliphatic rings. The fourth-order valence-electron chi connectivity index (χ4n) is 2.02. The zero-order valence-corrected chi connectivity index (χ0v) is 10.3. The van der Waals surface area contributed by atoms with Crippen molar-refractivity contribution in [3.63, 3.8) is 0 Å². The first-order chi connectivity index (χ1) is 8.19. The average molecular weight is 249 g/mol. The first kappa shape index (κ1) is 10.7. The fraction of sp³-hybridized carbons (Fsp3) is 0.308. The number of benzene rings is 1. The number of hydrogen-bond acceptors (Lipinski definition) is 3. The average Bonchev–Trinajstić information content (AvgIpc) is 3.13. The van der Waals surface area contributed by atoms with E-state index in [4.69, 9.17) is 22.1 Å². The van der Waals surface area contributed by atoms with Crippen LogP contribution in [0.2, 0.25) is 5.02 Å². The summed E-state index contributed by atoms with van der Waals surface area (Å²) in [5, 5.41) is 1.45. The summed E-state index contributed by atoms with van der Waals surface area (Å²) in [7, 11) is 1.60. The molecule has 2 N–H and O–H groups in total. The predicted molar refractivity (Wildman–Crippen MR) is 69.7 cm³/mol. The summed E-state index contributed by atoms with van der Waals surface area (Å²) in [6.45, 7) is 0. The molecule has 1 saturated carbocycles. The van der Waals surface area contributed by atoms with E-state index < -0.39 is 0 Å². The summed E-state index contributed by atoms with van der Waals surface area (Å²) >= 11 is 6.08. The van der Waals surface area contributed by atoms with Crippen molar-refractivity contribution in [2.45, 2.75) is 18.8 Å². The van der Waals surface area contributed by atoms with Crippen LogP contribution in [0.5, 0.6) is 5.75 Å². The van der Waals surface area contributed by atoms with Crippen molar-refractivity contribution < 1.29 is 4.74 Å². The molecule has 0 atom stereocenters. The molecule has 3 nitrogen and oxygen atoms in total. The highest BCUT2D eigenvalue weighted by Gasteiger charge is 2.25. The van der Waals surface area contributed by atoms with E-state index in [1.807, 2.05) is 18.2 Å². The van der Waals surface area contributed by atoms with Crippen molar-refractivity contribution >= 4 is 28.2 Å². The van der Waals surface area contributed by atoms with Gasteiger partial charge in [0.2, 0.25) is 0 Å². The van der Waals surface area contributed by atoms with Crippen molar-refractivity contribution in [1.82, 2.24) is 4.98 Å². The van der Waals surface area contributed by atoms with Gasteiger partial charge in [-0.2, -0.15) is 0 Å². The molecule has 1 aromatic carbocycles. The molecule has 0 bridgehead atoms. The number of rotatable bonds is 2. The van der Waals surface area contributed by atoms with E-state index in [2.05, 4.69) is 4.98 Å². The number of nitrogens with two attached hydrogens (primary N) is 1. The van der Waals surface area contributed by atoms with Crippen LogP contribution in [-0.4, -0.2) is 12.1 Å². The van der Waals surface area contributed by atoms with Crippen LogP contribution in [0.4, 0.5) is 5.69 Å². The third-order valence-electron chi connectivity index (χ3n) is 3.13. The lowest BCUT2D eigenvalue weighted by Crippen LogP contribution is -1.95. The van der Waals surface area contributed by atoms with E-state index in [9.17, 15) is 0 Å². The molecule has 0 unspecified atom stereocenters. The molecule has 0 amide bonds. The monoisotopic (exact) mass is 248 g/mol. The Kier molecular flexibility index (Phi) is 2.37. The lowest BCUT2D eigenvalue weighted by atomic mass is 10.1. The number of hydrogen-bond donors (Lipinski definition) is 1. The first-order valence-corrected chi connectivity index (χ1v) is 6.00. The first-order valence-electron chi connectivity index (χ1n) is 5.62. The van der Waals surface area contributed by atoms with Crippen molar-refractivity contribution in [3.8, 4) is 5.75 Å². The van der Waals surface area contributed by atoms with Gasteiger partial charge in [-0.25, -0.2) is 0 Å². The second-order valence-corrected chi connectivity index (χ2v) is 4.82. The van der Waals surface area contributed by atoms with Crippen LogP contribution in [0, 0.1) is 0 Å². The maximum Gasteiger partial charge on any atom is 0.139 e. The molecule has 2 aromatic rings. The van der Waals surface area contributed by atoms with Crippen LogP contribution in [0.1, 0.15) is 24.5 Å².